The molecule has 0 radical (unpaired) electrons. The number of amides is 4. The number of nitrogens with one attached hydrogen (secondary N) is 2. The molecule has 43 heavy (non-hydrogen) atoms. The van der Waals surface area contributed by atoms with Gasteiger partial charge in [0.05, 0.1) is 11.0 Å². The lowest BCUT2D eigenvalue weighted by molar-refractivity contribution is -0.127. The monoisotopic (exact) mass is 578 g/mol. The van der Waals surface area contributed by atoms with Crippen LogP contribution in [0.3, 0.4) is 0 Å². The maximum absolute atomic E-state index is 13.4. The summed E-state index contributed by atoms with van der Waals surface area (Å²) in [5.74, 6) is -0.373. The van der Waals surface area contributed by atoms with E-state index in [0.29, 0.717) is 66.3 Å². The molecule has 0 spiro atoms. The van der Waals surface area contributed by atoms with E-state index in [1.807, 2.05) is 45.9 Å². The first-order chi connectivity index (χ1) is 20.9. The Bertz CT molecular complexity index is 1680. The number of carbonyl (C=O) groups excluding carboxylic acids is 4. The van der Waals surface area contributed by atoms with E-state index in [0.717, 1.165) is 18.5 Å². The second kappa shape index (κ2) is 13.2. The standard InChI is InChI=1S/C33H34N6O4/c1-3-17-34-30(41)24-12-7-13-25(21-24)31(42)36-33-35-27-22-26(37(2)32(43)23-10-5-4-6-11-23)15-16-28(27)39(33)20-9-19-38-18-8-14-29(38)40/h3-7,10-13,15-16,21-22H,1,8-9,14,17-20H2,2H3,(H,34,41)(H,35,36,42). The van der Waals surface area contributed by atoms with Crippen LogP contribution in [0.25, 0.3) is 11.0 Å². The summed E-state index contributed by atoms with van der Waals surface area (Å²) in [7, 11) is 1.71. The largest absolute Gasteiger partial charge is 0.349 e. The third-order valence-electron chi connectivity index (χ3n) is 7.44. The molecule has 4 amide bonds. The van der Waals surface area contributed by atoms with Crippen molar-refractivity contribution in [1.29, 1.82) is 0 Å². The van der Waals surface area contributed by atoms with E-state index in [9.17, 15) is 19.2 Å². The first-order valence-corrected chi connectivity index (χ1v) is 14.3. The second-order valence-corrected chi connectivity index (χ2v) is 10.4. The Morgan fingerprint density at radius 1 is 0.953 bits per heavy atom. The van der Waals surface area contributed by atoms with Gasteiger partial charge in [0.25, 0.3) is 17.7 Å². The molecule has 0 bridgehead atoms. The quantitative estimate of drug-likeness (QED) is 0.254. The Balaban J connectivity index is 1.42. The number of hydrogen-bond acceptors (Lipinski definition) is 5. The van der Waals surface area contributed by atoms with Gasteiger partial charge < -0.3 is 19.7 Å². The molecule has 10 nitrogen and oxygen atoms in total. The zero-order valence-corrected chi connectivity index (χ0v) is 24.1. The van der Waals surface area contributed by atoms with E-state index in [4.69, 9.17) is 4.98 Å². The summed E-state index contributed by atoms with van der Waals surface area (Å²) in [6, 6.07) is 21.0. The molecule has 3 aromatic carbocycles. The van der Waals surface area contributed by atoms with E-state index < -0.39 is 5.91 Å². The third kappa shape index (κ3) is 6.64. The number of aryl methyl sites for hydroxylation is 1. The molecule has 220 valence electrons. The SMILES string of the molecule is C=CCNC(=O)c1cccc(C(=O)Nc2nc3cc(N(C)C(=O)c4ccccc4)ccc3n2CCCN2CCCC2=O)c1. The highest BCUT2D eigenvalue weighted by Gasteiger charge is 2.21. The van der Waals surface area contributed by atoms with Crippen LogP contribution in [-0.2, 0) is 11.3 Å². The second-order valence-electron chi connectivity index (χ2n) is 10.4. The van der Waals surface area contributed by atoms with Gasteiger partial charge in [0.15, 0.2) is 0 Å². The number of fused-ring (bicyclic) bond motifs is 1. The summed E-state index contributed by atoms with van der Waals surface area (Å²) in [4.78, 5) is 59.1. The lowest BCUT2D eigenvalue weighted by Crippen LogP contribution is -2.26. The molecule has 4 aromatic rings. The molecule has 0 saturated carbocycles. The maximum atomic E-state index is 13.4. The van der Waals surface area contributed by atoms with Crippen LogP contribution in [0.1, 0.15) is 50.3 Å². The Labute approximate surface area is 250 Å². The number of likely N-dealkylation sites (tertiary alicyclic amines) is 1. The molecular weight excluding hydrogens is 544 g/mol. The molecule has 1 aromatic heterocycles. The summed E-state index contributed by atoms with van der Waals surface area (Å²) >= 11 is 0. The van der Waals surface area contributed by atoms with Gasteiger partial charge >= 0.3 is 0 Å². The van der Waals surface area contributed by atoms with Gasteiger partial charge in [-0.15, -0.1) is 6.58 Å². The summed E-state index contributed by atoms with van der Waals surface area (Å²) in [5, 5.41) is 5.63. The average Bonchev–Trinajstić information content (AvgIpc) is 3.61. The van der Waals surface area contributed by atoms with Gasteiger partial charge in [-0.3, -0.25) is 24.5 Å². The zero-order valence-electron chi connectivity index (χ0n) is 24.1. The van der Waals surface area contributed by atoms with Crippen molar-refractivity contribution in [1.82, 2.24) is 19.8 Å². The fourth-order valence-electron chi connectivity index (χ4n) is 5.14. The van der Waals surface area contributed by atoms with E-state index in [2.05, 4.69) is 17.2 Å². The van der Waals surface area contributed by atoms with Crippen LogP contribution in [0.5, 0.6) is 0 Å². The summed E-state index contributed by atoms with van der Waals surface area (Å²) < 4.78 is 1.91. The van der Waals surface area contributed by atoms with E-state index in [-0.39, 0.29) is 17.7 Å². The number of aromatic nitrogens is 2. The van der Waals surface area contributed by atoms with Crippen molar-refractivity contribution in [3.63, 3.8) is 0 Å². The number of benzene rings is 3. The first kappa shape index (κ1) is 29.2. The van der Waals surface area contributed by atoms with Crippen LogP contribution in [0.15, 0.2) is 85.5 Å². The lowest BCUT2D eigenvalue weighted by Gasteiger charge is -2.18. The Morgan fingerprint density at radius 3 is 2.42 bits per heavy atom. The van der Waals surface area contributed by atoms with Crippen LogP contribution in [-0.4, -0.2) is 64.8 Å². The maximum Gasteiger partial charge on any atom is 0.258 e. The van der Waals surface area contributed by atoms with E-state index in [1.165, 1.54) is 6.07 Å². The number of hydrogen-bond donors (Lipinski definition) is 2. The minimum absolute atomic E-state index is 0.153. The molecular formula is C33H34N6O4. The van der Waals surface area contributed by atoms with Gasteiger partial charge in [-0.25, -0.2) is 4.98 Å². The predicted octanol–water partition coefficient (Wildman–Crippen LogP) is 4.49. The van der Waals surface area contributed by atoms with Crippen molar-refractivity contribution < 1.29 is 19.2 Å². The molecule has 0 aliphatic carbocycles. The first-order valence-electron chi connectivity index (χ1n) is 14.3. The van der Waals surface area contributed by atoms with Crippen molar-refractivity contribution in [2.45, 2.75) is 25.8 Å². The number of rotatable bonds is 11. The molecule has 2 heterocycles. The molecule has 2 N–H and O–H groups in total. The fraction of sp³-hybridized carbons (Fsp3) is 0.242. The summed E-state index contributed by atoms with van der Waals surface area (Å²) in [6.45, 7) is 5.80. The van der Waals surface area contributed by atoms with Crippen LogP contribution < -0.4 is 15.5 Å². The Morgan fingerprint density at radius 2 is 1.70 bits per heavy atom. The topological polar surface area (TPSA) is 117 Å². The highest BCUT2D eigenvalue weighted by atomic mass is 16.2. The zero-order chi connectivity index (χ0) is 30.3. The molecule has 1 aliphatic rings. The van der Waals surface area contributed by atoms with E-state index >= 15 is 0 Å². The minimum Gasteiger partial charge on any atom is -0.349 e. The Kier molecular flexibility index (Phi) is 8.95. The fourth-order valence-corrected chi connectivity index (χ4v) is 5.14. The average molecular weight is 579 g/mol. The van der Waals surface area contributed by atoms with Gasteiger partial charge in [0.1, 0.15) is 0 Å². The van der Waals surface area contributed by atoms with Crippen LogP contribution in [0, 0.1) is 0 Å². The normalized spacial score (nSPS) is 12.8. The van der Waals surface area contributed by atoms with Gasteiger partial charge in [0, 0.05) is 62.0 Å². The Hall–Kier alpha value is -5.25. The summed E-state index contributed by atoms with van der Waals surface area (Å²) in [6.07, 6.45) is 3.71. The molecule has 1 saturated heterocycles. The van der Waals surface area contributed by atoms with Crippen LogP contribution in [0.2, 0.25) is 0 Å². The van der Waals surface area contributed by atoms with Gasteiger partial charge in [-0.05, 0) is 61.4 Å². The van der Waals surface area contributed by atoms with Crippen molar-refractivity contribution in [3.05, 3.63) is 102 Å². The predicted molar refractivity (Wildman–Crippen MR) is 166 cm³/mol. The highest BCUT2D eigenvalue weighted by Crippen LogP contribution is 2.27. The third-order valence-corrected chi connectivity index (χ3v) is 7.44. The molecule has 0 unspecified atom stereocenters. The van der Waals surface area contributed by atoms with Gasteiger partial charge in [-0.2, -0.15) is 0 Å². The number of anilines is 2. The van der Waals surface area contributed by atoms with Crippen LogP contribution in [0.4, 0.5) is 11.6 Å². The molecule has 1 fully saturated rings. The van der Waals surface area contributed by atoms with Crippen molar-refractivity contribution in [3.8, 4) is 0 Å². The molecule has 5 rings (SSSR count). The van der Waals surface area contributed by atoms with Gasteiger partial charge in [0.2, 0.25) is 11.9 Å². The van der Waals surface area contributed by atoms with Crippen molar-refractivity contribution in [2.24, 2.45) is 0 Å². The smallest absolute Gasteiger partial charge is 0.258 e. The minimum atomic E-state index is -0.416. The molecule has 1 aliphatic heterocycles. The summed E-state index contributed by atoms with van der Waals surface area (Å²) in [5.41, 5.74) is 3.28. The van der Waals surface area contributed by atoms with Crippen LogP contribution >= 0.6 is 0 Å². The highest BCUT2D eigenvalue weighted by molar-refractivity contribution is 6.07. The van der Waals surface area contributed by atoms with Crippen molar-refractivity contribution in [2.75, 3.05) is 36.9 Å². The number of carbonyl (C=O) groups is 4. The number of imidazole rings is 1. The number of nitrogens with zero attached hydrogens (tertiary/aromatic N) is 4. The van der Waals surface area contributed by atoms with E-state index in [1.54, 1.807) is 48.4 Å². The van der Waals surface area contributed by atoms with Gasteiger partial charge in [-0.1, -0.05) is 30.3 Å². The molecule has 0 atom stereocenters. The molecule has 10 heteroatoms. The lowest BCUT2D eigenvalue weighted by atomic mass is 10.1. The van der Waals surface area contributed by atoms with Crippen molar-refractivity contribution >= 4 is 46.3 Å².